The summed E-state index contributed by atoms with van der Waals surface area (Å²) in [6.07, 6.45) is 1.31. The van der Waals surface area contributed by atoms with Crippen LogP contribution >= 0.6 is 34.8 Å². The Morgan fingerprint density at radius 3 is 2.57 bits per heavy atom. The molecule has 8 heteroatoms. The van der Waals surface area contributed by atoms with Crippen molar-refractivity contribution in [2.24, 2.45) is 0 Å². The van der Waals surface area contributed by atoms with Gasteiger partial charge in [-0.3, -0.25) is 4.79 Å². The van der Waals surface area contributed by atoms with Gasteiger partial charge in [-0.2, -0.15) is 9.78 Å². The van der Waals surface area contributed by atoms with E-state index in [2.05, 4.69) is 22.1 Å². The highest BCUT2D eigenvalue weighted by atomic mass is 35.5. The van der Waals surface area contributed by atoms with Crippen LogP contribution < -0.4 is 10.5 Å². The van der Waals surface area contributed by atoms with Gasteiger partial charge in [0.05, 0.1) is 34.2 Å². The Labute approximate surface area is 177 Å². The molecule has 0 amide bonds. The summed E-state index contributed by atoms with van der Waals surface area (Å²) in [5.41, 5.74) is 2.04. The van der Waals surface area contributed by atoms with Crippen molar-refractivity contribution < 1.29 is 4.74 Å². The van der Waals surface area contributed by atoms with E-state index in [1.165, 1.54) is 10.9 Å². The van der Waals surface area contributed by atoms with E-state index in [9.17, 15) is 4.79 Å². The smallest absolute Gasteiger partial charge is 0.291 e. The molecule has 1 fully saturated rings. The maximum absolute atomic E-state index is 12.3. The Morgan fingerprint density at radius 1 is 1.04 bits per heavy atom. The van der Waals surface area contributed by atoms with Gasteiger partial charge in [0.25, 0.3) is 5.56 Å². The molecule has 144 valence electrons. The van der Waals surface area contributed by atoms with Gasteiger partial charge in [0.15, 0.2) is 0 Å². The lowest BCUT2D eigenvalue weighted by atomic mass is 10.1. The third kappa shape index (κ3) is 3.76. The standard InChI is InChI=1S/C20H16Cl3N3O2/c21-15-10-14(26-20(27)19(23)16(22)11-24-26)6-7-17(15)25-8-9-28-18(12-25)13-4-2-1-3-5-13/h1-7,10-11,18H,8-9,12H2/t18-/m1/s1. The first kappa shape index (κ1) is 19.3. The highest BCUT2D eigenvalue weighted by molar-refractivity contribution is 6.41. The van der Waals surface area contributed by atoms with Crippen molar-refractivity contribution in [3.63, 3.8) is 0 Å². The van der Waals surface area contributed by atoms with Gasteiger partial charge in [-0.1, -0.05) is 65.1 Å². The monoisotopic (exact) mass is 435 g/mol. The van der Waals surface area contributed by atoms with E-state index in [1.807, 2.05) is 24.3 Å². The lowest BCUT2D eigenvalue weighted by Gasteiger charge is -2.35. The number of anilines is 1. The van der Waals surface area contributed by atoms with Gasteiger partial charge in [-0.15, -0.1) is 0 Å². The van der Waals surface area contributed by atoms with Crippen molar-refractivity contribution in [2.45, 2.75) is 6.10 Å². The first-order valence-corrected chi connectivity index (χ1v) is 9.83. The molecule has 2 heterocycles. The van der Waals surface area contributed by atoms with Crippen molar-refractivity contribution in [3.05, 3.63) is 85.7 Å². The molecular formula is C20H16Cl3N3O2. The highest BCUT2D eigenvalue weighted by Crippen LogP contribution is 2.32. The van der Waals surface area contributed by atoms with Crippen molar-refractivity contribution in [1.82, 2.24) is 9.78 Å². The van der Waals surface area contributed by atoms with Crippen LogP contribution in [-0.4, -0.2) is 29.5 Å². The highest BCUT2D eigenvalue weighted by Gasteiger charge is 2.23. The SMILES string of the molecule is O=c1c(Cl)c(Cl)cnn1-c1ccc(N2CCO[C@@H](c3ccccc3)C2)c(Cl)c1. The first-order chi connectivity index (χ1) is 13.5. The van der Waals surface area contributed by atoms with E-state index in [0.29, 0.717) is 23.9 Å². The predicted molar refractivity (Wildman–Crippen MR) is 112 cm³/mol. The van der Waals surface area contributed by atoms with Crippen LogP contribution in [0.2, 0.25) is 15.1 Å². The van der Waals surface area contributed by atoms with E-state index in [-0.39, 0.29) is 16.1 Å². The van der Waals surface area contributed by atoms with Gasteiger partial charge in [0.2, 0.25) is 0 Å². The molecule has 0 unspecified atom stereocenters. The normalized spacial score (nSPS) is 17.0. The summed E-state index contributed by atoms with van der Waals surface area (Å²) in [6.45, 7) is 2.02. The fourth-order valence-corrected chi connectivity index (χ4v) is 3.77. The minimum Gasteiger partial charge on any atom is -0.370 e. The predicted octanol–water partition coefficient (Wildman–Crippen LogP) is 4.77. The Bertz CT molecular complexity index is 1060. The van der Waals surface area contributed by atoms with E-state index in [1.54, 1.807) is 12.1 Å². The summed E-state index contributed by atoms with van der Waals surface area (Å²) < 4.78 is 7.10. The van der Waals surface area contributed by atoms with E-state index < -0.39 is 5.56 Å². The number of hydrogen-bond acceptors (Lipinski definition) is 4. The number of rotatable bonds is 3. The van der Waals surface area contributed by atoms with Crippen molar-refractivity contribution in [1.29, 1.82) is 0 Å². The minimum absolute atomic E-state index is 0.0231. The van der Waals surface area contributed by atoms with Gasteiger partial charge in [-0.25, -0.2) is 0 Å². The van der Waals surface area contributed by atoms with Gasteiger partial charge in [-0.05, 0) is 23.8 Å². The van der Waals surface area contributed by atoms with Gasteiger partial charge < -0.3 is 9.64 Å². The molecule has 0 N–H and O–H groups in total. The van der Waals surface area contributed by atoms with Crippen molar-refractivity contribution >= 4 is 40.5 Å². The summed E-state index contributed by atoms with van der Waals surface area (Å²) in [4.78, 5) is 14.5. The molecule has 0 bridgehead atoms. The molecule has 5 nitrogen and oxygen atoms in total. The van der Waals surface area contributed by atoms with Crippen molar-refractivity contribution in [2.75, 3.05) is 24.6 Å². The number of halogens is 3. The van der Waals surface area contributed by atoms with E-state index in [0.717, 1.165) is 17.8 Å². The molecule has 1 aliphatic heterocycles. The van der Waals surface area contributed by atoms with Crippen LogP contribution in [0.5, 0.6) is 0 Å². The molecule has 1 aromatic heterocycles. The fourth-order valence-electron chi connectivity index (χ4n) is 3.22. The molecule has 0 spiro atoms. The number of aromatic nitrogens is 2. The number of morpholine rings is 1. The fraction of sp³-hybridized carbons (Fsp3) is 0.200. The van der Waals surface area contributed by atoms with Crippen LogP contribution in [0.1, 0.15) is 11.7 Å². The van der Waals surface area contributed by atoms with Crippen LogP contribution in [0, 0.1) is 0 Å². The molecule has 1 aliphatic rings. The molecule has 2 aromatic carbocycles. The second kappa shape index (κ2) is 8.13. The average Bonchev–Trinajstić information content (AvgIpc) is 2.73. The molecule has 3 aromatic rings. The van der Waals surface area contributed by atoms with Crippen molar-refractivity contribution in [3.8, 4) is 5.69 Å². The number of nitrogens with zero attached hydrogens (tertiary/aromatic N) is 3. The molecule has 0 saturated carbocycles. The van der Waals surface area contributed by atoms with Gasteiger partial charge in [0.1, 0.15) is 11.1 Å². The number of hydrogen-bond donors (Lipinski definition) is 0. The van der Waals surface area contributed by atoms with Gasteiger partial charge >= 0.3 is 0 Å². The molecule has 4 rings (SSSR count). The Hall–Kier alpha value is -2.05. The van der Waals surface area contributed by atoms with E-state index >= 15 is 0 Å². The summed E-state index contributed by atoms with van der Waals surface area (Å²) in [5, 5.41) is 4.60. The second-order valence-electron chi connectivity index (χ2n) is 6.38. The molecular weight excluding hydrogens is 421 g/mol. The van der Waals surface area contributed by atoms with Crippen LogP contribution in [0.25, 0.3) is 5.69 Å². The zero-order chi connectivity index (χ0) is 19.7. The third-order valence-corrected chi connectivity index (χ3v) is 5.68. The summed E-state index contributed by atoms with van der Waals surface area (Å²) in [5.74, 6) is 0. The van der Waals surface area contributed by atoms with Crippen LogP contribution in [0.15, 0.2) is 59.5 Å². The molecule has 1 saturated heterocycles. The molecule has 28 heavy (non-hydrogen) atoms. The quantitative estimate of drug-likeness (QED) is 0.593. The van der Waals surface area contributed by atoms with Crippen LogP contribution in [-0.2, 0) is 4.74 Å². The summed E-state index contributed by atoms with van der Waals surface area (Å²) in [6, 6.07) is 15.5. The average molecular weight is 437 g/mol. The van der Waals surface area contributed by atoms with Crippen LogP contribution in [0.4, 0.5) is 5.69 Å². The summed E-state index contributed by atoms with van der Waals surface area (Å²) >= 11 is 18.3. The third-order valence-electron chi connectivity index (χ3n) is 4.63. The molecule has 0 radical (unpaired) electrons. The minimum atomic E-state index is -0.492. The number of benzene rings is 2. The lowest BCUT2D eigenvalue weighted by Crippen LogP contribution is -2.38. The Morgan fingerprint density at radius 2 is 1.82 bits per heavy atom. The second-order valence-corrected chi connectivity index (χ2v) is 7.57. The Balaban J connectivity index is 1.62. The van der Waals surface area contributed by atoms with Gasteiger partial charge in [0, 0.05) is 13.1 Å². The maximum Gasteiger partial charge on any atom is 0.291 e. The lowest BCUT2D eigenvalue weighted by molar-refractivity contribution is 0.0398. The first-order valence-electron chi connectivity index (χ1n) is 8.69. The zero-order valence-electron chi connectivity index (χ0n) is 14.7. The molecule has 1 atom stereocenters. The van der Waals surface area contributed by atoms with Crippen LogP contribution in [0.3, 0.4) is 0 Å². The largest absolute Gasteiger partial charge is 0.370 e. The Kier molecular flexibility index (Phi) is 5.60. The maximum atomic E-state index is 12.3. The molecule has 0 aliphatic carbocycles. The zero-order valence-corrected chi connectivity index (χ0v) is 17.0. The van der Waals surface area contributed by atoms with E-state index in [4.69, 9.17) is 39.5 Å². The number of ether oxygens (including phenoxy) is 1. The topological polar surface area (TPSA) is 47.4 Å². The summed E-state index contributed by atoms with van der Waals surface area (Å²) in [7, 11) is 0.